The average molecular weight is 468 g/mol. The topological polar surface area (TPSA) is 68.2 Å². The summed E-state index contributed by atoms with van der Waals surface area (Å²) in [5, 5.41) is 13.6. The number of carboxylic acids is 1. The summed E-state index contributed by atoms with van der Waals surface area (Å²) in [5.41, 5.74) is 3.27. The second-order valence-corrected chi connectivity index (χ2v) is 8.92. The maximum atomic E-state index is 11.4. The van der Waals surface area contributed by atoms with E-state index in [2.05, 4.69) is 21.7 Å². The zero-order valence-electron chi connectivity index (χ0n) is 18.9. The minimum Gasteiger partial charge on any atom is -0.493 e. The van der Waals surface area contributed by atoms with Gasteiger partial charge in [-0.25, -0.2) is 0 Å². The molecule has 3 aromatic rings. The highest BCUT2D eigenvalue weighted by atomic mass is 32.1. The summed E-state index contributed by atoms with van der Waals surface area (Å²) in [6.45, 7) is 1.84. The summed E-state index contributed by atoms with van der Waals surface area (Å²) in [4.78, 5) is 13.8. The molecule has 1 aliphatic rings. The van der Waals surface area contributed by atoms with Gasteiger partial charge in [0.05, 0.1) is 26.2 Å². The molecule has 1 unspecified atom stereocenters. The van der Waals surface area contributed by atoms with Crippen LogP contribution in [-0.2, 0) is 11.4 Å². The Bertz CT molecular complexity index is 1020. The minimum atomic E-state index is -0.704. The normalized spacial score (nSPS) is 15.7. The van der Waals surface area contributed by atoms with E-state index in [0.29, 0.717) is 49.8 Å². The SMILES string of the molecule is COc1cc(C(c2ccsc2)N2CCC(C(=O)O)CC2)cc(OC)c1OCc1ccccc1. The number of methoxy groups -OCH3 is 2. The maximum Gasteiger partial charge on any atom is 0.306 e. The Morgan fingerprint density at radius 3 is 2.27 bits per heavy atom. The number of likely N-dealkylation sites (tertiary alicyclic amines) is 1. The third-order valence-electron chi connectivity index (χ3n) is 6.13. The van der Waals surface area contributed by atoms with Gasteiger partial charge in [-0.05, 0) is 71.6 Å². The van der Waals surface area contributed by atoms with Crippen molar-refractivity contribution in [2.75, 3.05) is 27.3 Å². The lowest BCUT2D eigenvalue weighted by atomic mass is 9.92. The predicted molar refractivity (Wildman–Crippen MR) is 128 cm³/mol. The zero-order valence-corrected chi connectivity index (χ0v) is 19.7. The quantitative estimate of drug-likeness (QED) is 0.465. The highest BCUT2D eigenvalue weighted by molar-refractivity contribution is 7.08. The number of thiophene rings is 1. The smallest absolute Gasteiger partial charge is 0.306 e. The molecule has 0 amide bonds. The second-order valence-electron chi connectivity index (χ2n) is 8.14. The summed E-state index contributed by atoms with van der Waals surface area (Å²) >= 11 is 1.65. The van der Waals surface area contributed by atoms with E-state index in [1.165, 1.54) is 5.56 Å². The Balaban J connectivity index is 1.65. The van der Waals surface area contributed by atoms with Crippen molar-refractivity contribution in [2.24, 2.45) is 5.92 Å². The van der Waals surface area contributed by atoms with Crippen molar-refractivity contribution in [1.82, 2.24) is 4.90 Å². The first-order valence-electron chi connectivity index (χ1n) is 11.0. The van der Waals surface area contributed by atoms with E-state index in [-0.39, 0.29) is 12.0 Å². The summed E-state index contributed by atoms with van der Waals surface area (Å²) in [5.74, 6) is 0.815. The third kappa shape index (κ3) is 5.31. The molecule has 0 saturated carbocycles. The Labute approximate surface area is 198 Å². The van der Waals surface area contributed by atoms with Crippen molar-refractivity contribution in [3.63, 3.8) is 0 Å². The molecular weight excluding hydrogens is 438 g/mol. The van der Waals surface area contributed by atoms with Crippen LogP contribution in [0.1, 0.15) is 35.6 Å². The number of ether oxygens (including phenoxy) is 3. The van der Waals surface area contributed by atoms with Gasteiger partial charge in [0.2, 0.25) is 5.75 Å². The van der Waals surface area contributed by atoms with Crippen LogP contribution >= 0.6 is 11.3 Å². The van der Waals surface area contributed by atoms with Gasteiger partial charge in [-0.2, -0.15) is 11.3 Å². The molecule has 0 spiro atoms. The van der Waals surface area contributed by atoms with Crippen LogP contribution in [0.25, 0.3) is 0 Å². The van der Waals surface area contributed by atoms with Gasteiger partial charge in [-0.1, -0.05) is 30.3 Å². The maximum absolute atomic E-state index is 11.4. The van der Waals surface area contributed by atoms with Crippen molar-refractivity contribution in [1.29, 1.82) is 0 Å². The van der Waals surface area contributed by atoms with Gasteiger partial charge in [0.15, 0.2) is 11.5 Å². The number of hydrogen-bond donors (Lipinski definition) is 1. The highest BCUT2D eigenvalue weighted by Gasteiger charge is 2.31. The minimum absolute atomic E-state index is 0.0167. The Hall–Kier alpha value is -3.03. The lowest BCUT2D eigenvalue weighted by Crippen LogP contribution is -2.39. The molecule has 1 aliphatic heterocycles. The van der Waals surface area contributed by atoms with Crippen molar-refractivity contribution in [3.8, 4) is 17.2 Å². The molecule has 0 bridgehead atoms. The average Bonchev–Trinajstić information content (AvgIpc) is 3.38. The Kier molecular flexibility index (Phi) is 7.52. The molecule has 1 saturated heterocycles. The summed E-state index contributed by atoms with van der Waals surface area (Å²) in [6.07, 6.45) is 1.28. The second kappa shape index (κ2) is 10.7. The van der Waals surface area contributed by atoms with Gasteiger partial charge in [-0.15, -0.1) is 0 Å². The van der Waals surface area contributed by atoms with Gasteiger partial charge in [-0.3, -0.25) is 9.69 Å². The molecule has 1 atom stereocenters. The van der Waals surface area contributed by atoms with E-state index in [1.807, 2.05) is 42.5 Å². The lowest BCUT2D eigenvalue weighted by molar-refractivity contribution is -0.143. The van der Waals surface area contributed by atoms with Crippen molar-refractivity contribution < 1.29 is 24.1 Å². The molecule has 0 radical (unpaired) electrons. The van der Waals surface area contributed by atoms with Crippen molar-refractivity contribution >= 4 is 17.3 Å². The number of benzene rings is 2. The monoisotopic (exact) mass is 467 g/mol. The zero-order chi connectivity index (χ0) is 23.2. The number of carboxylic acid groups (broad SMARTS) is 1. The largest absolute Gasteiger partial charge is 0.493 e. The van der Waals surface area contributed by atoms with E-state index < -0.39 is 5.97 Å². The fourth-order valence-electron chi connectivity index (χ4n) is 4.38. The Morgan fingerprint density at radius 2 is 1.73 bits per heavy atom. The first-order valence-corrected chi connectivity index (χ1v) is 12.0. The summed E-state index contributed by atoms with van der Waals surface area (Å²) in [6, 6.07) is 16.1. The first kappa shape index (κ1) is 23.1. The molecule has 1 N–H and O–H groups in total. The van der Waals surface area contributed by atoms with E-state index >= 15 is 0 Å². The molecular formula is C26H29NO5S. The number of aliphatic carboxylic acids is 1. The van der Waals surface area contributed by atoms with Gasteiger partial charge in [0, 0.05) is 0 Å². The van der Waals surface area contributed by atoms with Crippen LogP contribution in [0.15, 0.2) is 59.3 Å². The highest BCUT2D eigenvalue weighted by Crippen LogP contribution is 2.43. The number of rotatable bonds is 9. The van der Waals surface area contributed by atoms with E-state index in [9.17, 15) is 9.90 Å². The van der Waals surface area contributed by atoms with Crippen LogP contribution in [0.2, 0.25) is 0 Å². The van der Waals surface area contributed by atoms with Crippen LogP contribution in [0, 0.1) is 5.92 Å². The van der Waals surface area contributed by atoms with Crippen LogP contribution in [0.3, 0.4) is 0 Å². The van der Waals surface area contributed by atoms with E-state index in [0.717, 1.165) is 11.1 Å². The Morgan fingerprint density at radius 1 is 1.06 bits per heavy atom. The lowest BCUT2D eigenvalue weighted by Gasteiger charge is -2.37. The molecule has 2 heterocycles. The van der Waals surface area contributed by atoms with Gasteiger partial charge in [0.1, 0.15) is 6.61 Å². The number of nitrogens with zero attached hydrogens (tertiary/aromatic N) is 1. The van der Waals surface area contributed by atoms with Gasteiger partial charge in [0.25, 0.3) is 0 Å². The van der Waals surface area contributed by atoms with Crippen molar-refractivity contribution in [2.45, 2.75) is 25.5 Å². The molecule has 6 nitrogen and oxygen atoms in total. The molecule has 174 valence electrons. The fraction of sp³-hybridized carbons (Fsp3) is 0.346. The molecule has 1 fully saturated rings. The number of hydrogen-bond acceptors (Lipinski definition) is 6. The molecule has 4 rings (SSSR count). The van der Waals surface area contributed by atoms with E-state index in [1.54, 1.807) is 25.6 Å². The van der Waals surface area contributed by atoms with Crippen LogP contribution in [0.5, 0.6) is 17.2 Å². The number of piperidine rings is 1. The molecule has 0 aliphatic carbocycles. The summed E-state index contributed by atoms with van der Waals surface area (Å²) in [7, 11) is 3.26. The van der Waals surface area contributed by atoms with Crippen LogP contribution in [-0.4, -0.2) is 43.3 Å². The molecule has 7 heteroatoms. The predicted octanol–water partition coefficient (Wildman–Crippen LogP) is 5.23. The molecule has 2 aromatic carbocycles. The van der Waals surface area contributed by atoms with Crippen LogP contribution < -0.4 is 14.2 Å². The van der Waals surface area contributed by atoms with Gasteiger partial charge < -0.3 is 19.3 Å². The fourth-order valence-corrected chi connectivity index (χ4v) is 5.06. The van der Waals surface area contributed by atoms with Crippen LogP contribution in [0.4, 0.5) is 0 Å². The third-order valence-corrected chi connectivity index (χ3v) is 6.83. The molecule has 1 aromatic heterocycles. The van der Waals surface area contributed by atoms with Crippen molar-refractivity contribution in [3.05, 3.63) is 76.0 Å². The summed E-state index contributed by atoms with van der Waals surface area (Å²) < 4.78 is 17.6. The van der Waals surface area contributed by atoms with E-state index in [4.69, 9.17) is 14.2 Å². The van der Waals surface area contributed by atoms with Gasteiger partial charge >= 0.3 is 5.97 Å². The standard InChI is InChI=1S/C26H29NO5S/c1-30-22-14-21(15-23(31-2)25(22)32-16-18-6-4-3-5-7-18)24(20-10-13-33-17-20)27-11-8-19(9-12-27)26(28)29/h3-7,10,13-15,17,19,24H,8-9,11-12,16H2,1-2H3,(H,28,29). The number of carbonyl (C=O) groups is 1. The molecule has 33 heavy (non-hydrogen) atoms. The first-order chi connectivity index (χ1) is 16.1.